The normalized spacial score (nSPS) is 31.2. The number of likely N-dealkylation sites (tertiary alicyclic amines) is 1. The number of ether oxygens (including phenoxy) is 2. The molecule has 44 heavy (non-hydrogen) atoms. The summed E-state index contributed by atoms with van der Waals surface area (Å²) in [5.41, 5.74) is 1.89. The van der Waals surface area contributed by atoms with E-state index in [0.29, 0.717) is 6.42 Å². The Hall–Kier alpha value is -4.28. The number of rotatable bonds is 4. The third-order valence-corrected chi connectivity index (χ3v) is 9.12. The molecule has 1 spiro atoms. The molecule has 0 bridgehead atoms. The number of aliphatic hydroxyl groups is 1. The highest BCUT2D eigenvalue weighted by atomic mass is 16.5. The van der Waals surface area contributed by atoms with Crippen LogP contribution in [-0.4, -0.2) is 77.7 Å². The van der Waals surface area contributed by atoms with Gasteiger partial charge in [0, 0.05) is 25.2 Å². The molecule has 10 heteroatoms. The lowest BCUT2D eigenvalue weighted by atomic mass is 9.77. The van der Waals surface area contributed by atoms with Crippen molar-refractivity contribution in [3.05, 3.63) is 89.5 Å². The Balaban J connectivity index is 1.43. The SMILES string of the molecule is Cc1cccc(C)c1N1CC=C[C@]23O[C@@H]4/C=C\CCC(=O)OC[C@@H](c5ccccc5)NC(=O)[C@@H]4[C@H]2C(=O)N(CCO)[C@@H]3C1=O. The Bertz CT molecular complexity index is 1500. The quantitative estimate of drug-likeness (QED) is 0.409. The third-order valence-electron chi connectivity index (χ3n) is 9.12. The molecule has 4 aliphatic rings. The number of carbonyl (C=O) groups is 4. The number of amides is 3. The van der Waals surface area contributed by atoms with E-state index in [9.17, 15) is 24.3 Å². The molecule has 0 aromatic heterocycles. The van der Waals surface area contributed by atoms with Crippen molar-refractivity contribution in [2.75, 3.05) is 31.2 Å². The Labute approximate surface area is 256 Å². The molecule has 2 saturated heterocycles. The molecule has 4 aliphatic heterocycles. The van der Waals surface area contributed by atoms with Crippen molar-refractivity contribution in [3.63, 3.8) is 0 Å². The van der Waals surface area contributed by atoms with Crippen molar-refractivity contribution in [2.45, 2.75) is 50.5 Å². The van der Waals surface area contributed by atoms with Crippen molar-refractivity contribution in [2.24, 2.45) is 11.8 Å². The summed E-state index contributed by atoms with van der Waals surface area (Å²) in [5, 5.41) is 13.0. The Kier molecular flexibility index (Phi) is 8.13. The molecule has 3 amide bonds. The van der Waals surface area contributed by atoms with Crippen molar-refractivity contribution in [1.29, 1.82) is 0 Å². The van der Waals surface area contributed by atoms with E-state index in [1.807, 2.05) is 68.5 Å². The molecule has 2 N–H and O–H groups in total. The monoisotopic (exact) mass is 599 g/mol. The molecule has 0 aliphatic carbocycles. The number of carbonyl (C=O) groups excluding carboxylic acids is 4. The zero-order valence-corrected chi connectivity index (χ0v) is 24.8. The first-order valence-electron chi connectivity index (χ1n) is 15.1. The maximum absolute atomic E-state index is 14.6. The first kappa shape index (κ1) is 29.8. The molecule has 0 unspecified atom stereocenters. The van der Waals surface area contributed by atoms with Gasteiger partial charge in [0.25, 0.3) is 5.91 Å². The minimum absolute atomic E-state index is 0.0668. The molecule has 2 fully saturated rings. The number of cyclic esters (lactones) is 1. The Morgan fingerprint density at radius 3 is 2.45 bits per heavy atom. The summed E-state index contributed by atoms with van der Waals surface area (Å²) in [7, 11) is 0. The van der Waals surface area contributed by atoms with Gasteiger partial charge in [0.1, 0.15) is 18.2 Å². The van der Waals surface area contributed by atoms with Crippen molar-refractivity contribution in [3.8, 4) is 0 Å². The zero-order chi connectivity index (χ0) is 31.0. The minimum atomic E-state index is -1.44. The molecule has 6 atom stereocenters. The fourth-order valence-corrected chi connectivity index (χ4v) is 7.22. The van der Waals surface area contributed by atoms with E-state index in [2.05, 4.69) is 5.32 Å². The lowest BCUT2D eigenvalue weighted by Gasteiger charge is -2.35. The van der Waals surface area contributed by atoms with Gasteiger partial charge >= 0.3 is 5.97 Å². The maximum atomic E-state index is 14.6. The van der Waals surface area contributed by atoms with E-state index < -0.39 is 47.4 Å². The van der Waals surface area contributed by atoms with E-state index in [1.165, 1.54) is 4.90 Å². The third kappa shape index (κ3) is 5.01. The highest BCUT2D eigenvalue weighted by Gasteiger charge is 2.71. The van der Waals surface area contributed by atoms with Crippen LogP contribution < -0.4 is 10.2 Å². The van der Waals surface area contributed by atoms with Gasteiger partial charge in [-0.05, 0) is 37.0 Å². The Morgan fingerprint density at radius 1 is 0.977 bits per heavy atom. The summed E-state index contributed by atoms with van der Waals surface area (Å²) in [4.78, 5) is 58.6. The fraction of sp³-hybridized carbons (Fsp3) is 0.412. The van der Waals surface area contributed by atoms with E-state index in [4.69, 9.17) is 9.47 Å². The second-order valence-electron chi connectivity index (χ2n) is 11.8. The molecule has 10 nitrogen and oxygen atoms in total. The van der Waals surface area contributed by atoms with E-state index in [0.717, 1.165) is 22.4 Å². The topological polar surface area (TPSA) is 125 Å². The van der Waals surface area contributed by atoms with E-state index in [1.54, 1.807) is 23.1 Å². The molecular weight excluding hydrogens is 562 g/mol. The lowest BCUT2D eigenvalue weighted by Crippen LogP contribution is -2.56. The summed E-state index contributed by atoms with van der Waals surface area (Å²) in [6.45, 7) is 3.63. The van der Waals surface area contributed by atoms with Gasteiger partial charge in [0.05, 0.1) is 30.6 Å². The van der Waals surface area contributed by atoms with Gasteiger partial charge in [-0.1, -0.05) is 72.8 Å². The van der Waals surface area contributed by atoms with Crippen LogP contribution in [0.1, 0.15) is 35.6 Å². The van der Waals surface area contributed by atoms with Gasteiger partial charge in [0.15, 0.2) is 0 Å². The molecule has 230 valence electrons. The number of nitrogens with zero attached hydrogens (tertiary/aromatic N) is 2. The number of β-amino-alcohol motifs (C(OH)–C–C–N with tert-alkyl or cyclic N) is 1. The number of hydrogen-bond donors (Lipinski definition) is 2. The van der Waals surface area contributed by atoms with Gasteiger partial charge in [0.2, 0.25) is 11.8 Å². The first-order chi connectivity index (χ1) is 21.3. The van der Waals surface area contributed by atoms with Crippen LogP contribution in [-0.2, 0) is 28.7 Å². The second kappa shape index (κ2) is 12.0. The summed E-state index contributed by atoms with van der Waals surface area (Å²) in [6, 6.07) is 13.3. The fourth-order valence-electron chi connectivity index (χ4n) is 7.22. The molecule has 2 aromatic rings. The van der Waals surface area contributed by atoms with Gasteiger partial charge in [-0.2, -0.15) is 0 Å². The van der Waals surface area contributed by atoms with Crippen LogP contribution in [0.15, 0.2) is 72.8 Å². The van der Waals surface area contributed by atoms with E-state index in [-0.39, 0.29) is 44.6 Å². The number of fused-ring (bicyclic) bond motifs is 2. The van der Waals surface area contributed by atoms with Gasteiger partial charge in [-0.3, -0.25) is 19.2 Å². The lowest BCUT2D eigenvalue weighted by molar-refractivity contribution is -0.146. The molecule has 0 radical (unpaired) electrons. The van der Waals surface area contributed by atoms with Gasteiger partial charge in [-0.15, -0.1) is 0 Å². The van der Waals surface area contributed by atoms with Gasteiger partial charge < -0.3 is 29.7 Å². The van der Waals surface area contributed by atoms with Crippen molar-refractivity contribution >= 4 is 29.4 Å². The number of esters is 1. The number of para-hydroxylation sites is 1. The van der Waals surface area contributed by atoms with Crippen LogP contribution in [0.4, 0.5) is 5.69 Å². The zero-order valence-electron chi connectivity index (χ0n) is 24.8. The second-order valence-corrected chi connectivity index (χ2v) is 11.8. The number of anilines is 1. The van der Waals surface area contributed by atoms with Crippen LogP contribution in [0.2, 0.25) is 0 Å². The number of nitrogens with one attached hydrogen (secondary N) is 1. The number of hydrogen-bond acceptors (Lipinski definition) is 7. The summed E-state index contributed by atoms with van der Waals surface area (Å²) >= 11 is 0. The molecule has 0 saturated carbocycles. The summed E-state index contributed by atoms with van der Waals surface area (Å²) in [5.74, 6) is -3.58. The number of aryl methyl sites for hydroxylation is 2. The van der Waals surface area contributed by atoms with Gasteiger partial charge in [-0.25, -0.2) is 0 Å². The number of aliphatic hydroxyl groups excluding tert-OH is 1. The first-order valence-corrected chi connectivity index (χ1v) is 15.1. The highest BCUT2D eigenvalue weighted by molar-refractivity contribution is 6.06. The minimum Gasteiger partial charge on any atom is -0.463 e. The number of allylic oxidation sites excluding steroid dienone is 1. The average molecular weight is 600 g/mol. The van der Waals surface area contributed by atoms with Crippen LogP contribution in [0.5, 0.6) is 0 Å². The standard InChI is InChI=1S/C34H37N3O7/c1-21-10-8-11-22(2)29(21)36-17-9-16-34-28(32(41)37(18-19-38)30(34)33(36)42)27-25(44-34)14-6-7-15-26(39)43-20-24(35-31(27)40)23-12-4-3-5-13-23/h3-6,8-14,16,24-25,27-28,30,38H,7,15,17-20H2,1-2H3,(H,35,40)/b14-6-/t24-,25+,27-,28-,30+,34-/m0/s1. The molecular formula is C34H37N3O7. The van der Waals surface area contributed by atoms with Crippen LogP contribution in [0.25, 0.3) is 0 Å². The smallest absolute Gasteiger partial charge is 0.306 e. The molecule has 2 aromatic carbocycles. The predicted molar refractivity (Wildman–Crippen MR) is 161 cm³/mol. The maximum Gasteiger partial charge on any atom is 0.306 e. The molecule has 6 rings (SSSR count). The predicted octanol–water partition coefficient (Wildman–Crippen LogP) is 2.53. The van der Waals surface area contributed by atoms with Crippen molar-refractivity contribution in [1.82, 2.24) is 10.2 Å². The average Bonchev–Trinajstić information content (AvgIpc) is 3.39. The highest BCUT2D eigenvalue weighted by Crippen LogP contribution is 2.53. The van der Waals surface area contributed by atoms with E-state index >= 15 is 0 Å². The molecule has 4 heterocycles. The van der Waals surface area contributed by atoms with Crippen LogP contribution in [0, 0.1) is 25.7 Å². The van der Waals surface area contributed by atoms with Crippen molar-refractivity contribution < 1.29 is 33.8 Å². The number of benzene rings is 2. The summed E-state index contributed by atoms with van der Waals surface area (Å²) in [6.07, 6.45) is 6.76. The largest absolute Gasteiger partial charge is 0.463 e. The Morgan fingerprint density at radius 2 is 1.73 bits per heavy atom. The summed E-state index contributed by atoms with van der Waals surface area (Å²) < 4.78 is 12.2. The van der Waals surface area contributed by atoms with Crippen LogP contribution >= 0.6 is 0 Å². The van der Waals surface area contributed by atoms with Crippen LogP contribution in [0.3, 0.4) is 0 Å².